The number of rotatable bonds is 7. The summed E-state index contributed by atoms with van der Waals surface area (Å²) in [5, 5.41) is 11.3. The summed E-state index contributed by atoms with van der Waals surface area (Å²) in [4.78, 5) is 33.3. The van der Waals surface area contributed by atoms with Crippen molar-refractivity contribution in [2.24, 2.45) is 0 Å². The summed E-state index contributed by atoms with van der Waals surface area (Å²) in [7, 11) is 0. The van der Waals surface area contributed by atoms with E-state index in [1.807, 2.05) is 36.4 Å². The van der Waals surface area contributed by atoms with E-state index >= 15 is 0 Å². The van der Waals surface area contributed by atoms with E-state index in [-0.39, 0.29) is 11.6 Å². The maximum atomic E-state index is 12.6. The molecule has 2 aliphatic carbocycles. The molecule has 6 rings (SSSR count). The van der Waals surface area contributed by atoms with Gasteiger partial charge in [-0.1, -0.05) is 54.6 Å². The van der Waals surface area contributed by atoms with Crippen molar-refractivity contribution in [3.8, 4) is 0 Å². The van der Waals surface area contributed by atoms with Crippen molar-refractivity contribution in [2.75, 3.05) is 0 Å². The van der Waals surface area contributed by atoms with Crippen molar-refractivity contribution in [1.29, 1.82) is 0 Å². The molecule has 2 heterocycles. The Balaban J connectivity index is 0.000000351. The standard InChI is InChI=1S/C28H26N4O2.C7H6O2/c1-19(2)32(18-20-7-4-3-5-8-20)22-11-12-27-24(16-22)23-15-21(9-6-10-26(23)34-27)31-28(33)25-17-29-13-14-30-25;8-7(9)6-4-2-1-3-5-6/h3-15,17,19H,16,18H2,1-2H3,(H,31,33);1-5H,(H,8,9). The van der Waals surface area contributed by atoms with Crippen LogP contribution in [0.2, 0.25) is 0 Å². The highest BCUT2D eigenvalue weighted by molar-refractivity contribution is 5.94. The number of carboxylic acid groups (broad SMARTS) is 1. The van der Waals surface area contributed by atoms with Gasteiger partial charge in [-0.05, 0) is 61.9 Å². The molecule has 0 unspecified atom stereocenters. The van der Waals surface area contributed by atoms with Crippen LogP contribution in [0.4, 0.5) is 0 Å². The van der Waals surface area contributed by atoms with Crippen molar-refractivity contribution in [2.45, 2.75) is 32.9 Å². The molecular weight excluding hydrogens is 540 g/mol. The molecule has 0 radical (unpaired) electrons. The lowest BCUT2D eigenvalue weighted by Crippen LogP contribution is -2.32. The Hall–Kier alpha value is -5.50. The Labute approximate surface area is 249 Å². The lowest BCUT2D eigenvalue weighted by Gasteiger charge is -2.32. The summed E-state index contributed by atoms with van der Waals surface area (Å²) >= 11 is 0. The lowest BCUT2D eigenvalue weighted by atomic mass is 10.00. The first-order valence-electron chi connectivity index (χ1n) is 14.0. The van der Waals surface area contributed by atoms with E-state index in [9.17, 15) is 9.59 Å². The van der Waals surface area contributed by atoms with Crippen LogP contribution in [0.5, 0.6) is 0 Å². The Bertz CT molecular complexity index is 1810. The number of nitrogens with one attached hydrogen (secondary N) is 1. The Kier molecular flexibility index (Phi) is 9.07. The Morgan fingerprint density at radius 2 is 1.72 bits per heavy atom. The third-order valence-corrected chi connectivity index (χ3v) is 6.98. The zero-order valence-corrected chi connectivity index (χ0v) is 24.0. The fraction of sp³-hybridized carbons (Fsp3) is 0.143. The highest BCUT2D eigenvalue weighted by Crippen LogP contribution is 2.23. The molecule has 2 aliphatic rings. The topological polar surface area (TPSA) is 109 Å². The summed E-state index contributed by atoms with van der Waals surface area (Å²) in [5.41, 5.74) is 7.55. The van der Waals surface area contributed by atoms with Gasteiger partial charge in [0.1, 0.15) is 16.5 Å². The molecule has 0 aliphatic heterocycles. The summed E-state index contributed by atoms with van der Waals surface area (Å²) in [6.07, 6.45) is 17.1. The number of allylic oxidation sites excluding steroid dienone is 4. The maximum absolute atomic E-state index is 12.6. The molecule has 43 heavy (non-hydrogen) atoms. The molecule has 2 aromatic heterocycles. The average Bonchev–Trinajstić information content (AvgIpc) is 3.24. The van der Waals surface area contributed by atoms with Gasteiger partial charge in [0.25, 0.3) is 5.91 Å². The van der Waals surface area contributed by atoms with E-state index in [0.717, 1.165) is 34.9 Å². The van der Waals surface area contributed by atoms with Crippen LogP contribution in [0, 0.1) is 0 Å². The summed E-state index contributed by atoms with van der Waals surface area (Å²) in [6.45, 7) is 5.27. The second-order valence-corrected chi connectivity index (χ2v) is 10.3. The maximum Gasteiger partial charge on any atom is 0.335 e. The van der Waals surface area contributed by atoms with Gasteiger partial charge in [-0.25, -0.2) is 9.78 Å². The molecule has 216 valence electrons. The number of nitrogens with zero attached hydrogens (tertiary/aromatic N) is 3. The number of amides is 1. The fourth-order valence-corrected chi connectivity index (χ4v) is 4.83. The van der Waals surface area contributed by atoms with Crippen LogP contribution in [0.1, 0.15) is 51.4 Å². The van der Waals surface area contributed by atoms with Crippen molar-refractivity contribution in [3.05, 3.63) is 148 Å². The minimum Gasteiger partial charge on any atom is -0.478 e. The summed E-state index contributed by atoms with van der Waals surface area (Å²) in [5.74, 6) is -1.18. The number of furan rings is 1. The molecule has 8 nitrogen and oxygen atoms in total. The molecular formula is C35H32N4O4. The number of benzene rings is 2. The largest absolute Gasteiger partial charge is 0.478 e. The van der Waals surface area contributed by atoms with Gasteiger partial charge in [0.15, 0.2) is 0 Å². The Morgan fingerprint density at radius 3 is 2.37 bits per heavy atom. The number of hydrogen-bond acceptors (Lipinski definition) is 6. The fourth-order valence-electron chi connectivity index (χ4n) is 4.83. The minimum absolute atomic E-state index is 0.270. The van der Waals surface area contributed by atoms with Crippen LogP contribution >= 0.6 is 0 Å². The summed E-state index contributed by atoms with van der Waals surface area (Å²) in [6, 6.07) is 19.2. The van der Waals surface area contributed by atoms with E-state index in [2.05, 4.69) is 64.4 Å². The van der Waals surface area contributed by atoms with Crippen molar-refractivity contribution in [1.82, 2.24) is 20.2 Å². The van der Waals surface area contributed by atoms with Gasteiger partial charge in [0, 0.05) is 53.9 Å². The smallest absolute Gasteiger partial charge is 0.335 e. The van der Waals surface area contributed by atoms with E-state index in [1.165, 1.54) is 23.7 Å². The number of carbonyl (C=O) groups excluding carboxylic acids is 1. The van der Waals surface area contributed by atoms with E-state index in [1.54, 1.807) is 36.5 Å². The predicted molar refractivity (Wildman–Crippen MR) is 166 cm³/mol. The number of aromatic carboxylic acids is 1. The first-order valence-corrected chi connectivity index (χ1v) is 14.0. The zero-order valence-electron chi connectivity index (χ0n) is 24.0. The van der Waals surface area contributed by atoms with Gasteiger partial charge < -0.3 is 19.7 Å². The van der Waals surface area contributed by atoms with Crippen molar-refractivity contribution < 1.29 is 19.1 Å². The van der Waals surface area contributed by atoms with Crippen LogP contribution in [-0.4, -0.2) is 37.9 Å². The van der Waals surface area contributed by atoms with E-state index in [0.29, 0.717) is 17.3 Å². The van der Waals surface area contributed by atoms with Crippen LogP contribution < -0.4 is 16.1 Å². The molecule has 0 atom stereocenters. The molecule has 0 saturated carbocycles. The van der Waals surface area contributed by atoms with Crippen LogP contribution in [0.25, 0.3) is 18.2 Å². The quantitative estimate of drug-likeness (QED) is 0.330. The third-order valence-electron chi connectivity index (χ3n) is 6.98. The second-order valence-electron chi connectivity index (χ2n) is 10.3. The number of fused-ring (bicyclic) bond motifs is 3. The van der Waals surface area contributed by atoms with Crippen LogP contribution in [-0.2, 0) is 13.0 Å². The molecule has 4 aromatic rings. The highest BCUT2D eigenvalue weighted by Gasteiger charge is 2.21. The van der Waals surface area contributed by atoms with Gasteiger partial charge in [0.2, 0.25) is 0 Å². The molecule has 2 aromatic carbocycles. The Morgan fingerprint density at radius 1 is 0.977 bits per heavy atom. The molecule has 8 heteroatoms. The molecule has 0 spiro atoms. The SMILES string of the molecule is CC(C)N(Cc1ccccc1)C1=CC=c2oc3c(c2C1)C=C(NC(=O)c1cnccn1)C=CC=3.O=C(O)c1ccccc1. The van der Waals surface area contributed by atoms with Crippen molar-refractivity contribution in [3.63, 3.8) is 0 Å². The number of aromatic nitrogens is 2. The van der Waals surface area contributed by atoms with E-state index < -0.39 is 5.97 Å². The molecule has 0 bridgehead atoms. The zero-order chi connectivity index (χ0) is 30.2. The van der Waals surface area contributed by atoms with Gasteiger partial charge in [-0.2, -0.15) is 0 Å². The molecule has 0 saturated heterocycles. The van der Waals surface area contributed by atoms with Gasteiger partial charge in [-0.15, -0.1) is 0 Å². The number of hydrogen-bond donors (Lipinski definition) is 2. The first kappa shape index (κ1) is 29.0. The molecule has 2 N–H and O–H groups in total. The number of carboxylic acids is 1. The van der Waals surface area contributed by atoms with Crippen molar-refractivity contribution >= 4 is 30.1 Å². The third kappa shape index (κ3) is 7.23. The lowest BCUT2D eigenvalue weighted by molar-refractivity contribution is 0.0696. The van der Waals surface area contributed by atoms with Crippen LogP contribution in [0.3, 0.4) is 0 Å². The first-order chi connectivity index (χ1) is 20.9. The predicted octanol–water partition coefficient (Wildman–Crippen LogP) is 4.71. The number of carbonyl (C=O) groups is 2. The minimum atomic E-state index is -0.879. The normalized spacial score (nSPS) is 13.0. The highest BCUT2D eigenvalue weighted by atomic mass is 16.4. The molecule has 0 fully saturated rings. The second kappa shape index (κ2) is 13.4. The van der Waals surface area contributed by atoms with Gasteiger partial charge >= 0.3 is 5.97 Å². The monoisotopic (exact) mass is 572 g/mol. The molecule has 1 amide bonds. The summed E-state index contributed by atoms with van der Waals surface area (Å²) < 4.78 is 6.15. The van der Waals surface area contributed by atoms with Gasteiger partial charge in [0.05, 0.1) is 11.8 Å². The van der Waals surface area contributed by atoms with Crippen LogP contribution in [0.15, 0.2) is 113 Å². The van der Waals surface area contributed by atoms with E-state index in [4.69, 9.17) is 9.52 Å². The van der Waals surface area contributed by atoms with Gasteiger partial charge in [-0.3, -0.25) is 9.78 Å². The average molecular weight is 573 g/mol.